The van der Waals surface area contributed by atoms with Gasteiger partial charge >= 0.3 is 0 Å². The second-order valence-corrected chi connectivity index (χ2v) is 4.10. The van der Waals surface area contributed by atoms with Crippen LogP contribution in [0, 0.1) is 17.2 Å². The molecule has 1 atom stereocenters. The van der Waals surface area contributed by atoms with Gasteiger partial charge in [0.15, 0.2) is 11.5 Å². The number of ether oxygens (including phenoxy) is 2. The smallest absolute Gasteiger partial charge is 0.162 e. The number of nitriles is 1. The molecule has 0 aliphatic rings. The van der Waals surface area contributed by atoms with E-state index in [1.54, 1.807) is 18.2 Å². The van der Waals surface area contributed by atoms with Gasteiger partial charge in [0.2, 0.25) is 0 Å². The van der Waals surface area contributed by atoms with Crippen LogP contribution < -0.4 is 9.47 Å². The van der Waals surface area contributed by atoms with Gasteiger partial charge in [0.1, 0.15) is 6.61 Å². The molecule has 1 rings (SSSR count). The first-order chi connectivity index (χ1) is 8.08. The van der Waals surface area contributed by atoms with Crippen molar-refractivity contribution in [1.29, 1.82) is 5.26 Å². The summed E-state index contributed by atoms with van der Waals surface area (Å²) in [7, 11) is 1.52. The number of aliphatic hydroxyl groups is 1. The largest absolute Gasteiger partial charge is 0.493 e. The van der Waals surface area contributed by atoms with Crippen molar-refractivity contribution in [2.75, 3.05) is 13.7 Å². The number of hydrogen-bond acceptors (Lipinski definition) is 4. The Balaban J connectivity index is 2.74. The van der Waals surface area contributed by atoms with E-state index in [1.165, 1.54) is 7.11 Å². The van der Waals surface area contributed by atoms with Crippen molar-refractivity contribution >= 4 is 0 Å². The molecule has 0 bridgehead atoms. The van der Waals surface area contributed by atoms with Crippen molar-refractivity contribution in [3.8, 4) is 17.6 Å². The van der Waals surface area contributed by atoms with E-state index in [9.17, 15) is 5.11 Å². The van der Waals surface area contributed by atoms with Crippen molar-refractivity contribution < 1.29 is 14.6 Å². The zero-order valence-electron chi connectivity index (χ0n) is 10.3. The van der Waals surface area contributed by atoms with E-state index in [1.807, 2.05) is 19.9 Å². The monoisotopic (exact) mass is 235 g/mol. The molecule has 17 heavy (non-hydrogen) atoms. The Morgan fingerprint density at radius 2 is 2.06 bits per heavy atom. The first-order valence-corrected chi connectivity index (χ1v) is 5.47. The van der Waals surface area contributed by atoms with Gasteiger partial charge in [-0.25, -0.2) is 0 Å². The summed E-state index contributed by atoms with van der Waals surface area (Å²) >= 11 is 0. The number of benzene rings is 1. The zero-order valence-corrected chi connectivity index (χ0v) is 10.3. The van der Waals surface area contributed by atoms with Crippen molar-refractivity contribution in [2.45, 2.75) is 20.0 Å². The fraction of sp³-hybridized carbons (Fsp3) is 0.462. The number of aliphatic hydroxyl groups excluding tert-OH is 1. The van der Waals surface area contributed by atoms with Crippen LogP contribution in [0.1, 0.15) is 19.4 Å². The van der Waals surface area contributed by atoms with Crippen LogP contribution >= 0.6 is 0 Å². The average Bonchev–Trinajstić information content (AvgIpc) is 2.35. The highest BCUT2D eigenvalue weighted by Crippen LogP contribution is 2.28. The predicted octanol–water partition coefficient (Wildman–Crippen LogP) is 1.96. The summed E-state index contributed by atoms with van der Waals surface area (Å²) in [5.74, 6) is 1.17. The van der Waals surface area contributed by atoms with Gasteiger partial charge < -0.3 is 14.6 Å². The highest BCUT2D eigenvalue weighted by molar-refractivity contribution is 5.46. The summed E-state index contributed by atoms with van der Waals surface area (Å²) in [6.07, 6.45) is -0.518. The summed E-state index contributed by atoms with van der Waals surface area (Å²) in [5, 5.41) is 18.4. The quantitative estimate of drug-likeness (QED) is 0.847. The summed E-state index contributed by atoms with van der Waals surface area (Å²) in [6, 6.07) is 6.96. The Bertz CT molecular complexity index is 410. The van der Waals surface area contributed by atoms with Gasteiger partial charge in [0.05, 0.1) is 24.8 Å². The van der Waals surface area contributed by atoms with Crippen LogP contribution in [0.2, 0.25) is 0 Å². The van der Waals surface area contributed by atoms with E-state index in [4.69, 9.17) is 14.7 Å². The second kappa shape index (κ2) is 6.12. The highest BCUT2D eigenvalue weighted by atomic mass is 16.5. The standard InChI is InChI=1S/C13H17NO3/c1-9(2)11(15)8-17-12-5-4-10(7-14)6-13(12)16-3/h4-6,9,11,15H,8H2,1-3H3. The van der Waals surface area contributed by atoms with Crippen LogP contribution in [0.25, 0.3) is 0 Å². The summed E-state index contributed by atoms with van der Waals surface area (Å²) in [6.45, 7) is 4.05. The molecular formula is C13H17NO3. The Labute approximate surface area is 101 Å². The molecule has 1 N–H and O–H groups in total. The summed E-state index contributed by atoms with van der Waals surface area (Å²) < 4.78 is 10.6. The lowest BCUT2D eigenvalue weighted by Gasteiger charge is -2.16. The molecule has 0 spiro atoms. The molecule has 4 nitrogen and oxygen atoms in total. The maximum atomic E-state index is 9.63. The lowest BCUT2D eigenvalue weighted by molar-refractivity contribution is 0.0689. The molecular weight excluding hydrogens is 218 g/mol. The van der Waals surface area contributed by atoms with Crippen molar-refractivity contribution in [3.63, 3.8) is 0 Å². The molecule has 0 saturated carbocycles. The molecule has 1 unspecified atom stereocenters. The third-order valence-electron chi connectivity index (χ3n) is 2.47. The van der Waals surface area contributed by atoms with Crippen molar-refractivity contribution in [1.82, 2.24) is 0 Å². The van der Waals surface area contributed by atoms with Crippen molar-refractivity contribution in [3.05, 3.63) is 23.8 Å². The van der Waals surface area contributed by atoms with Gasteiger partial charge in [0, 0.05) is 6.07 Å². The van der Waals surface area contributed by atoms with E-state index in [2.05, 4.69) is 0 Å². The van der Waals surface area contributed by atoms with Gasteiger partial charge in [-0.1, -0.05) is 13.8 Å². The molecule has 0 aromatic heterocycles. The number of nitrogens with zero attached hydrogens (tertiary/aromatic N) is 1. The molecule has 92 valence electrons. The van der Waals surface area contributed by atoms with Gasteiger partial charge in [-0.15, -0.1) is 0 Å². The fourth-order valence-corrected chi connectivity index (χ4v) is 1.22. The van der Waals surface area contributed by atoms with Crippen LogP contribution in [0.3, 0.4) is 0 Å². The van der Waals surface area contributed by atoms with Crippen LogP contribution in [0.15, 0.2) is 18.2 Å². The SMILES string of the molecule is COc1cc(C#N)ccc1OCC(O)C(C)C. The maximum Gasteiger partial charge on any atom is 0.162 e. The van der Waals surface area contributed by atoms with Crippen LogP contribution in [-0.2, 0) is 0 Å². The molecule has 0 amide bonds. The molecule has 0 aliphatic carbocycles. The van der Waals surface area contributed by atoms with Crippen LogP contribution in [-0.4, -0.2) is 24.9 Å². The van der Waals surface area contributed by atoms with E-state index in [0.29, 0.717) is 17.1 Å². The van der Waals surface area contributed by atoms with Crippen LogP contribution in [0.5, 0.6) is 11.5 Å². The molecule has 4 heteroatoms. The lowest BCUT2D eigenvalue weighted by atomic mass is 10.1. The van der Waals surface area contributed by atoms with E-state index in [0.717, 1.165) is 0 Å². The first kappa shape index (κ1) is 13.3. The Morgan fingerprint density at radius 3 is 2.59 bits per heavy atom. The Kier molecular flexibility index (Phi) is 4.80. The molecule has 0 radical (unpaired) electrons. The third-order valence-corrected chi connectivity index (χ3v) is 2.47. The van der Waals surface area contributed by atoms with Crippen molar-refractivity contribution in [2.24, 2.45) is 5.92 Å². The fourth-order valence-electron chi connectivity index (χ4n) is 1.22. The molecule has 0 saturated heterocycles. The Morgan fingerprint density at radius 1 is 1.35 bits per heavy atom. The average molecular weight is 235 g/mol. The first-order valence-electron chi connectivity index (χ1n) is 5.47. The number of hydrogen-bond donors (Lipinski definition) is 1. The normalized spacial score (nSPS) is 12.0. The topological polar surface area (TPSA) is 62.5 Å². The summed E-state index contributed by atoms with van der Waals surface area (Å²) in [5.41, 5.74) is 0.513. The molecule has 0 aliphatic heterocycles. The summed E-state index contributed by atoms with van der Waals surface area (Å²) in [4.78, 5) is 0. The molecule has 1 aromatic rings. The predicted molar refractivity (Wildman–Crippen MR) is 64.0 cm³/mol. The Hall–Kier alpha value is -1.73. The van der Waals surface area contributed by atoms with E-state index < -0.39 is 6.10 Å². The number of methoxy groups -OCH3 is 1. The van der Waals surface area contributed by atoms with Gasteiger partial charge in [-0.2, -0.15) is 5.26 Å². The van der Waals surface area contributed by atoms with Gasteiger partial charge in [-0.3, -0.25) is 0 Å². The minimum Gasteiger partial charge on any atom is -0.493 e. The van der Waals surface area contributed by atoms with Crippen LogP contribution in [0.4, 0.5) is 0 Å². The minimum atomic E-state index is -0.518. The van der Waals surface area contributed by atoms with Gasteiger partial charge in [0.25, 0.3) is 0 Å². The second-order valence-electron chi connectivity index (χ2n) is 4.10. The zero-order chi connectivity index (χ0) is 12.8. The van der Waals surface area contributed by atoms with E-state index in [-0.39, 0.29) is 12.5 Å². The molecule has 1 aromatic carbocycles. The lowest BCUT2D eigenvalue weighted by Crippen LogP contribution is -2.23. The maximum absolute atomic E-state index is 9.63. The van der Waals surface area contributed by atoms with E-state index >= 15 is 0 Å². The minimum absolute atomic E-state index is 0.138. The third kappa shape index (κ3) is 3.65. The molecule has 0 fully saturated rings. The van der Waals surface area contributed by atoms with Gasteiger partial charge in [-0.05, 0) is 18.1 Å². The highest BCUT2D eigenvalue weighted by Gasteiger charge is 2.12. The number of rotatable bonds is 5. The molecule has 0 heterocycles.